The number of aromatic amines is 1. The van der Waals surface area contributed by atoms with Crippen LogP contribution in [0.1, 0.15) is 15.9 Å². The van der Waals surface area contributed by atoms with Crippen LogP contribution in [0.15, 0.2) is 36.7 Å². The van der Waals surface area contributed by atoms with Crippen molar-refractivity contribution in [2.75, 3.05) is 7.05 Å². The van der Waals surface area contributed by atoms with Gasteiger partial charge >= 0.3 is 6.61 Å². The Bertz CT molecular complexity index is 573. The van der Waals surface area contributed by atoms with Gasteiger partial charge in [0.15, 0.2) is 0 Å². The highest BCUT2D eigenvalue weighted by molar-refractivity contribution is 5.94. The van der Waals surface area contributed by atoms with E-state index in [0.29, 0.717) is 6.54 Å². The summed E-state index contributed by atoms with van der Waals surface area (Å²) < 4.78 is 28.5. The Hall–Kier alpha value is -2.44. The zero-order valence-corrected chi connectivity index (χ0v) is 10.7. The normalized spacial score (nSPS) is 10.6. The number of carbonyl (C=O) groups excluding carboxylic acids is 1. The number of hydrogen-bond acceptors (Lipinski definition) is 3. The fourth-order valence-corrected chi connectivity index (χ4v) is 1.74. The van der Waals surface area contributed by atoms with Crippen LogP contribution >= 0.6 is 0 Å². The van der Waals surface area contributed by atoms with Crippen LogP contribution in [0.4, 0.5) is 8.78 Å². The Morgan fingerprint density at radius 3 is 2.95 bits per heavy atom. The molecule has 1 aromatic heterocycles. The first-order valence-corrected chi connectivity index (χ1v) is 5.84. The molecule has 2 aromatic rings. The number of nitrogens with zero attached hydrogens (tertiary/aromatic N) is 2. The van der Waals surface area contributed by atoms with Gasteiger partial charge in [-0.15, -0.1) is 0 Å². The maximum Gasteiger partial charge on any atom is 0.387 e. The number of aromatic nitrogens is 2. The monoisotopic (exact) mass is 281 g/mol. The Balaban J connectivity index is 2.08. The smallest absolute Gasteiger partial charge is 0.387 e. The van der Waals surface area contributed by atoms with Crippen molar-refractivity contribution >= 4 is 5.91 Å². The van der Waals surface area contributed by atoms with Gasteiger partial charge in [0.2, 0.25) is 0 Å². The van der Waals surface area contributed by atoms with E-state index in [1.54, 1.807) is 25.5 Å². The van der Waals surface area contributed by atoms with Crippen molar-refractivity contribution in [2.45, 2.75) is 13.2 Å². The Morgan fingerprint density at radius 2 is 2.30 bits per heavy atom. The van der Waals surface area contributed by atoms with Gasteiger partial charge < -0.3 is 9.64 Å². The van der Waals surface area contributed by atoms with Crippen LogP contribution in [0, 0.1) is 0 Å². The van der Waals surface area contributed by atoms with Crippen molar-refractivity contribution < 1.29 is 18.3 Å². The molecule has 0 bridgehead atoms. The lowest BCUT2D eigenvalue weighted by Crippen LogP contribution is -2.26. The van der Waals surface area contributed by atoms with Gasteiger partial charge in [0.1, 0.15) is 5.75 Å². The molecule has 0 saturated carbocycles. The number of alkyl halides is 2. The molecule has 1 amide bonds. The first-order chi connectivity index (χ1) is 9.56. The fourth-order valence-electron chi connectivity index (χ4n) is 1.74. The van der Waals surface area contributed by atoms with E-state index in [1.807, 2.05) is 0 Å². The maximum atomic E-state index is 12.2. The van der Waals surface area contributed by atoms with Crippen molar-refractivity contribution in [3.63, 3.8) is 0 Å². The molecule has 2 rings (SSSR count). The quantitative estimate of drug-likeness (QED) is 0.914. The molecule has 0 fully saturated rings. The standard InChI is InChI=1S/C13H13F2N3O2/c1-18(8-9-6-16-17-7-9)12(19)10-3-2-4-11(5-10)20-13(14)15/h2-7,13H,8H2,1H3,(H,16,17). The second kappa shape index (κ2) is 6.14. The first kappa shape index (κ1) is 14.0. The molecule has 0 aliphatic rings. The third-order valence-corrected chi connectivity index (χ3v) is 2.63. The van der Waals surface area contributed by atoms with E-state index in [-0.39, 0.29) is 17.2 Å². The predicted molar refractivity (Wildman–Crippen MR) is 67.5 cm³/mol. The third-order valence-electron chi connectivity index (χ3n) is 2.63. The number of benzene rings is 1. The lowest BCUT2D eigenvalue weighted by molar-refractivity contribution is -0.0499. The summed E-state index contributed by atoms with van der Waals surface area (Å²) >= 11 is 0. The average Bonchev–Trinajstić information content (AvgIpc) is 2.90. The summed E-state index contributed by atoms with van der Waals surface area (Å²) in [6.45, 7) is -2.54. The van der Waals surface area contributed by atoms with Crippen molar-refractivity contribution in [2.24, 2.45) is 0 Å². The summed E-state index contributed by atoms with van der Waals surface area (Å²) in [5, 5.41) is 6.44. The van der Waals surface area contributed by atoms with Crippen molar-refractivity contribution in [3.05, 3.63) is 47.8 Å². The summed E-state index contributed by atoms with van der Waals surface area (Å²) in [5.74, 6) is -0.325. The number of halogens is 2. The molecular weight excluding hydrogens is 268 g/mol. The van der Waals surface area contributed by atoms with Crippen LogP contribution in [0.25, 0.3) is 0 Å². The van der Waals surface area contributed by atoms with Crippen LogP contribution in [0.3, 0.4) is 0 Å². The largest absolute Gasteiger partial charge is 0.435 e. The Morgan fingerprint density at radius 1 is 1.50 bits per heavy atom. The summed E-state index contributed by atoms with van der Waals surface area (Å²) in [4.78, 5) is 13.6. The molecule has 0 unspecified atom stereocenters. The lowest BCUT2D eigenvalue weighted by atomic mass is 10.2. The highest BCUT2D eigenvalue weighted by Crippen LogP contribution is 2.17. The lowest BCUT2D eigenvalue weighted by Gasteiger charge is -2.16. The predicted octanol–water partition coefficient (Wildman–Crippen LogP) is 2.28. The highest BCUT2D eigenvalue weighted by Gasteiger charge is 2.14. The molecule has 0 aliphatic heterocycles. The Kier molecular flexibility index (Phi) is 4.29. The van der Waals surface area contributed by atoms with Crippen LogP contribution in [-0.4, -0.2) is 34.7 Å². The van der Waals surface area contributed by atoms with Crippen LogP contribution in [0.2, 0.25) is 0 Å². The number of hydrogen-bond donors (Lipinski definition) is 1. The number of amides is 1. The van der Waals surface area contributed by atoms with E-state index in [9.17, 15) is 13.6 Å². The van der Waals surface area contributed by atoms with Crippen molar-refractivity contribution in [1.29, 1.82) is 0 Å². The summed E-state index contributed by atoms with van der Waals surface area (Å²) in [6.07, 6.45) is 3.29. The van der Waals surface area contributed by atoms with Crippen LogP contribution < -0.4 is 4.74 Å². The van der Waals surface area contributed by atoms with Gasteiger partial charge in [-0.1, -0.05) is 6.07 Å². The molecule has 1 heterocycles. The van der Waals surface area contributed by atoms with Crippen molar-refractivity contribution in [1.82, 2.24) is 15.1 Å². The maximum absolute atomic E-state index is 12.2. The molecule has 0 saturated heterocycles. The van der Waals surface area contributed by atoms with E-state index in [0.717, 1.165) is 5.56 Å². The first-order valence-electron chi connectivity index (χ1n) is 5.84. The summed E-state index contributed by atoms with van der Waals surface area (Å²) in [5.41, 5.74) is 1.13. The van der Waals surface area contributed by atoms with E-state index in [4.69, 9.17) is 0 Å². The molecule has 5 nitrogen and oxygen atoms in total. The van der Waals surface area contributed by atoms with Gasteiger partial charge in [-0.3, -0.25) is 9.89 Å². The molecule has 20 heavy (non-hydrogen) atoms. The second-order valence-corrected chi connectivity index (χ2v) is 4.17. The van der Waals surface area contributed by atoms with Crippen LogP contribution in [0.5, 0.6) is 5.75 Å². The van der Waals surface area contributed by atoms with Gasteiger partial charge in [-0.05, 0) is 18.2 Å². The summed E-state index contributed by atoms with van der Waals surface area (Å²) in [6, 6.07) is 5.71. The summed E-state index contributed by atoms with van der Waals surface area (Å²) in [7, 11) is 1.62. The molecule has 0 atom stereocenters. The van der Waals surface area contributed by atoms with Gasteiger partial charge in [0.05, 0.1) is 6.20 Å². The van der Waals surface area contributed by atoms with Crippen LogP contribution in [-0.2, 0) is 6.54 Å². The SMILES string of the molecule is CN(Cc1cn[nH]c1)C(=O)c1cccc(OC(F)F)c1. The number of rotatable bonds is 5. The number of carbonyl (C=O) groups is 1. The molecule has 0 aliphatic carbocycles. The zero-order chi connectivity index (χ0) is 14.5. The molecule has 106 valence electrons. The third kappa shape index (κ3) is 3.53. The fraction of sp³-hybridized carbons (Fsp3) is 0.231. The Labute approximate surface area is 114 Å². The van der Waals surface area contributed by atoms with Crippen molar-refractivity contribution in [3.8, 4) is 5.75 Å². The number of nitrogens with one attached hydrogen (secondary N) is 1. The van der Waals surface area contributed by atoms with E-state index >= 15 is 0 Å². The minimum atomic E-state index is -2.91. The second-order valence-electron chi connectivity index (χ2n) is 4.17. The molecular formula is C13H13F2N3O2. The topological polar surface area (TPSA) is 58.2 Å². The zero-order valence-electron chi connectivity index (χ0n) is 10.7. The van der Waals surface area contributed by atoms with E-state index in [1.165, 1.54) is 23.1 Å². The number of ether oxygens (including phenoxy) is 1. The molecule has 0 radical (unpaired) electrons. The minimum Gasteiger partial charge on any atom is -0.435 e. The average molecular weight is 281 g/mol. The van der Waals surface area contributed by atoms with Gasteiger partial charge in [-0.2, -0.15) is 13.9 Å². The molecule has 0 spiro atoms. The van der Waals surface area contributed by atoms with Gasteiger partial charge in [0, 0.05) is 30.9 Å². The van der Waals surface area contributed by atoms with E-state index in [2.05, 4.69) is 14.9 Å². The van der Waals surface area contributed by atoms with Gasteiger partial charge in [-0.25, -0.2) is 0 Å². The highest BCUT2D eigenvalue weighted by atomic mass is 19.3. The minimum absolute atomic E-state index is 0.0393. The molecule has 1 aromatic carbocycles. The van der Waals surface area contributed by atoms with E-state index < -0.39 is 6.61 Å². The molecule has 1 N–H and O–H groups in total. The number of H-pyrrole nitrogens is 1. The molecule has 7 heteroatoms. The van der Waals surface area contributed by atoms with Gasteiger partial charge in [0.25, 0.3) is 5.91 Å².